The van der Waals surface area contributed by atoms with Crippen LogP contribution in [0.2, 0.25) is 0 Å². The molecular weight excluding hydrogens is 270 g/mol. The molecule has 0 spiro atoms. The van der Waals surface area contributed by atoms with Crippen LogP contribution in [0.4, 0.5) is 5.69 Å². The summed E-state index contributed by atoms with van der Waals surface area (Å²) in [7, 11) is 1.62. The van der Waals surface area contributed by atoms with Crippen molar-refractivity contribution in [1.82, 2.24) is 10.2 Å². The van der Waals surface area contributed by atoms with E-state index >= 15 is 0 Å². The minimum Gasteiger partial charge on any atom is -0.497 e. The molecule has 116 valence electrons. The topological polar surface area (TPSA) is 62.8 Å². The molecule has 21 heavy (non-hydrogen) atoms. The van der Waals surface area contributed by atoms with E-state index in [0.717, 1.165) is 44.3 Å². The van der Waals surface area contributed by atoms with Gasteiger partial charge in [-0.2, -0.15) is 0 Å². The van der Waals surface area contributed by atoms with Crippen molar-refractivity contribution in [2.45, 2.75) is 0 Å². The molecule has 2 N–H and O–H groups in total. The number of nitrogens with zero attached hydrogens (tertiary/aromatic N) is 1. The molecule has 2 rings (SSSR count). The van der Waals surface area contributed by atoms with Gasteiger partial charge in [0.2, 0.25) is 5.91 Å². The molecule has 1 saturated heterocycles. The minimum absolute atomic E-state index is 0.00826. The lowest BCUT2D eigenvalue weighted by atomic mass is 10.3. The number of morpholine rings is 1. The molecule has 1 aromatic carbocycles. The third-order valence-corrected chi connectivity index (χ3v) is 3.38. The third-order valence-electron chi connectivity index (χ3n) is 3.38. The molecule has 1 amide bonds. The summed E-state index contributed by atoms with van der Waals surface area (Å²) in [6.45, 7) is 5.25. The lowest BCUT2D eigenvalue weighted by Crippen LogP contribution is -2.42. The van der Waals surface area contributed by atoms with E-state index in [1.54, 1.807) is 7.11 Å². The van der Waals surface area contributed by atoms with Gasteiger partial charge in [-0.25, -0.2) is 0 Å². The fourth-order valence-electron chi connectivity index (χ4n) is 2.16. The molecular formula is C15H23N3O3. The Kier molecular flexibility index (Phi) is 6.30. The Bertz CT molecular complexity index is 448. The normalized spacial score (nSPS) is 15.5. The number of carbonyl (C=O) groups is 1. The summed E-state index contributed by atoms with van der Waals surface area (Å²) in [6.07, 6.45) is 0. The van der Waals surface area contributed by atoms with Crippen LogP contribution >= 0.6 is 0 Å². The second-order valence-electron chi connectivity index (χ2n) is 4.89. The quantitative estimate of drug-likeness (QED) is 0.769. The Balaban J connectivity index is 1.62. The fourth-order valence-corrected chi connectivity index (χ4v) is 2.16. The molecule has 1 heterocycles. The molecule has 0 saturated carbocycles. The maximum Gasteiger partial charge on any atom is 0.239 e. The lowest BCUT2D eigenvalue weighted by molar-refractivity contribution is -0.119. The van der Waals surface area contributed by atoms with Crippen LogP contribution in [0.25, 0.3) is 0 Å². The van der Waals surface area contributed by atoms with Crippen LogP contribution in [0, 0.1) is 0 Å². The highest BCUT2D eigenvalue weighted by Crippen LogP contribution is 2.16. The Morgan fingerprint density at radius 1 is 1.38 bits per heavy atom. The zero-order valence-electron chi connectivity index (χ0n) is 12.4. The molecule has 0 unspecified atom stereocenters. The third kappa shape index (κ3) is 5.61. The van der Waals surface area contributed by atoms with Gasteiger partial charge in [-0.1, -0.05) is 6.07 Å². The van der Waals surface area contributed by atoms with Gasteiger partial charge >= 0.3 is 0 Å². The van der Waals surface area contributed by atoms with E-state index in [4.69, 9.17) is 9.47 Å². The van der Waals surface area contributed by atoms with Crippen molar-refractivity contribution in [2.75, 3.05) is 58.4 Å². The molecule has 0 atom stereocenters. The van der Waals surface area contributed by atoms with Crippen LogP contribution in [0.3, 0.4) is 0 Å². The van der Waals surface area contributed by atoms with Crippen molar-refractivity contribution in [3.63, 3.8) is 0 Å². The van der Waals surface area contributed by atoms with E-state index in [1.165, 1.54) is 0 Å². The summed E-state index contributed by atoms with van der Waals surface area (Å²) < 4.78 is 10.4. The Morgan fingerprint density at radius 2 is 2.19 bits per heavy atom. The Morgan fingerprint density at radius 3 is 2.95 bits per heavy atom. The van der Waals surface area contributed by atoms with Gasteiger partial charge in [0, 0.05) is 37.9 Å². The summed E-state index contributed by atoms with van der Waals surface area (Å²) in [4.78, 5) is 14.1. The van der Waals surface area contributed by atoms with Crippen LogP contribution in [-0.2, 0) is 9.53 Å². The van der Waals surface area contributed by atoms with E-state index in [9.17, 15) is 4.79 Å². The molecule has 1 aliphatic heterocycles. The first-order valence-electron chi connectivity index (χ1n) is 7.22. The highest BCUT2D eigenvalue weighted by atomic mass is 16.5. The van der Waals surface area contributed by atoms with Gasteiger partial charge < -0.3 is 20.1 Å². The monoisotopic (exact) mass is 293 g/mol. The number of ether oxygens (including phenoxy) is 2. The maximum atomic E-state index is 11.8. The van der Waals surface area contributed by atoms with Gasteiger partial charge in [-0.15, -0.1) is 0 Å². The molecule has 1 aliphatic rings. The first-order valence-corrected chi connectivity index (χ1v) is 7.22. The summed E-state index contributed by atoms with van der Waals surface area (Å²) in [5.41, 5.74) is 0.873. The SMILES string of the molecule is COc1cccc(NCC(=O)NCCN2CCOCC2)c1. The van der Waals surface area contributed by atoms with Crippen molar-refractivity contribution in [3.8, 4) is 5.75 Å². The van der Waals surface area contributed by atoms with Crippen LogP contribution < -0.4 is 15.4 Å². The van der Waals surface area contributed by atoms with E-state index < -0.39 is 0 Å². The molecule has 1 aromatic rings. The fraction of sp³-hybridized carbons (Fsp3) is 0.533. The second kappa shape index (κ2) is 8.49. The zero-order valence-corrected chi connectivity index (χ0v) is 12.4. The van der Waals surface area contributed by atoms with Gasteiger partial charge in [0.15, 0.2) is 0 Å². The molecule has 6 heteroatoms. The second-order valence-corrected chi connectivity index (χ2v) is 4.89. The number of benzene rings is 1. The molecule has 6 nitrogen and oxygen atoms in total. The average molecular weight is 293 g/mol. The summed E-state index contributed by atoms with van der Waals surface area (Å²) >= 11 is 0. The van der Waals surface area contributed by atoms with E-state index in [0.29, 0.717) is 6.54 Å². The minimum atomic E-state index is -0.00826. The predicted molar refractivity (Wildman–Crippen MR) is 81.8 cm³/mol. The zero-order chi connectivity index (χ0) is 14.9. The van der Waals surface area contributed by atoms with Gasteiger partial charge in [0.1, 0.15) is 5.75 Å². The first-order chi connectivity index (χ1) is 10.3. The lowest BCUT2D eigenvalue weighted by Gasteiger charge is -2.26. The highest BCUT2D eigenvalue weighted by molar-refractivity contribution is 5.80. The van der Waals surface area contributed by atoms with Crippen LogP contribution in [-0.4, -0.2) is 63.9 Å². The van der Waals surface area contributed by atoms with Gasteiger partial charge in [0.25, 0.3) is 0 Å². The van der Waals surface area contributed by atoms with Crippen LogP contribution in [0.5, 0.6) is 5.75 Å². The predicted octanol–water partition coefficient (Wildman–Crippen LogP) is 0.556. The van der Waals surface area contributed by atoms with E-state index in [1.807, 2.05) is 24.3 Å². The van der Waals surface area contributed by atoms with E-state index in [2.05, 4.69) is 15.5 Å². The molecule has 0 radical (unpaired) electrons. The number of anilines is 1. The number of rotatable bonds is 7. The average Bonchev–Trinajstić information content (AvgIpc) is 2.54. The van der Waals surface area contributed by atoms with Crippen molar-refractivity contribution in [1.29, 1.82) is 0 Å². The number of methoxy groups -OCH3 is 1. The summed E-state index contributed by atoms with van der Waals surface area (Å²) in [5.74, 6) is 0.763. The van der Waals surface area contributed by atoms with Crippen molar-refractivity contribution in [2.24, 2.45) is 0 Å². The Hall–Kier alpha value is -1.79. The van der Waals surface area contributed by atoms with Gasteiger partial charge in [-0.05, 0) is 12.1 Å². The molecule has 0 aromatic heterocycles. The standard InChI is InChI=1S/C15H23N3O3/c1-20-14-4-2-3-13(11-14)17-12-15(19)16-5-6-18-7-9-21-10-8-18/h2-4,11,17H,5-10,12H2,1H3,(H,16,19). The molecule has 0 bridgehead atoms. The number of nitrogens with one attached hydrogen (secondary N) is 2. The number of amides is 1. The Labute approximate surface area is 125 Å². The number of hydrogen-bond donors (Lipinski definition) is 2. The first kappa shape index (κ1) is 15.6. The molecule has 1 fully saturated rings. The van der Waals surface area contributed by atoms with Gasteiger partial charge in [-0.3, -0.25) is 9.69 Å². The molecule has 0 aliphatic carbocycles. The van der Waals surface area contributed by atoms with Crippen LogP contribution in [0.1, 0.15) is 0 Å². The van der Waals surface area contributed by atoms with Crippen LogP contribution in [0.15, 0.2) is 24.3 Å². The summed E-state index contributed by atoms with van der Waals surface area (Å²) in [5, 5.41) is 6.00. The number of hydrogen-bond acceptors (Lipinski definition) is 5. The van der Waals surface area contributed by atoms with Crippen molar-refractivity contribution < 1.29 is 14.3 Å². The van der Waals surface area contributed by atoms with Crippen molar-refractivity contribution >= 4 is 11.6 Å². The van der Waals surface area contributed by atoms with Gasteiger partial charge in [0.05, 0.1) is 26.9 Å². The summed E-state index contributed by atoms with van der Waals surface area (Å²) in [6, 6.07) is 7.52. The van der Waals surface area contributed by atoms with Crippen molar-refractivity contribution in [3.05, 3.63) is 24.3 Å². The highest BCUT2D eigenvalue weighted by Gasteiger charge is 2.10. The number of carbonyl (C=O) groups excluding carboxylic acids is 1. The largest absolute Gasteiger partial charge is 0.497 e. The maximum absolute atomic E-state index is 11.8. The van der Waals surface area contributed by atoms with E-state index in [-0.39, 0.29) is 12.5 Å². The smallest absolute Gasteiger partial charge is 0.239 e.